The lowest BCUT2D eigenvalue weighted by Crippen LogP contribution is -2.39. The number of hydrogen-bond acceptors (Lipinski definition) is 4. The first kappa shape index (κ1) is 26.8. The Morgan fingerprint density at radius 1 is 1.09 bits per heavy atom. The van der Waals surface area contributed by atoms with Crippen molar-refractivity contribution in [3.8, 4) is 0 Å². The van der Waals surface area contributed by atoms with Crippen LogP contribution in [0, 0.1) is 6.92 Å². The number of aliphatic carboxylic acids is 1. The summed E-state index contributed by atoms with van der Waals surface area (Å²) >= 11 is 5.90. The second kappa shape index (κ2) is 11.3. The molecule has 2 unspecified atom stereocenters. The van der Waals surface area contributed by atoms with Crippen LogP contribution in [0.3, 0.4) is 0 Å². The average molecular weight is 512 g/mol. The van der Waals surface area contributed by atoms with E-state index in [1.807, 2.05) is 6.07 Å². The zero-order valence-corrected chi connectivity index (χ0v) is 20.4. The van der Waals surface area contributed by atoms with E-state index in [1.165, 1.54) is 31.5 Å². The number of halogens is 4. The van der Waals surface area contributed by atoms with Crippen LogP contribution in [-0.4, -0.2) is 59.8 Å². The van der Waals surface area contributed by atoms with Crippen molar-refractivity contribution in [1.29, 1.82) is 0 Å². The summed E-state index contributed by atoms with van der Waals surface area (Å²) in [5, 5.41) is 10.8. The molecule has 0 bridgehead atoms. The standard InChI is InChI=1S/C23H28ClN3O.C2HF3O2/c1-16-14-20(26-13-11-21(15-26)27-12-3-4-17(27)2)9-10-22(16)25-23(28)18-5-7-19(24)8-6-18;3-2(4,5)1(6)7/h5-10,14,17,21H,3-4,11-13,15H2,1-2H3,(H,25,28);(H,6,7). The predicted molar refractivity (Wildman–Crippen MR) is 130 cm³/mol. The molecule has 0 spiro atoms. The summed E-state index contributed by atoms with van der Waals surface area (Å²) in [6, 6.07) is 14.7. The number of likely N-dealkylation sites (tertiary alicyclic amines) is 1. The second-order valence-corrected chi connectivity index (χ2v) is 9.32. The number of amides is 1. The van der Waals surface area contributed by atoms with Gasteiger partial charge >= 0.3 is 12.1 Å². The zero-order valence-electron chi connectivity index (χ0n) is 19.6. The number of aryl methyl sites for hydroxylation is 1. The fourth-order valence-electron chi connectivity index (χ4n) is 4.53. The van der Waals surface area contributed by atoms with Crippen LogP contribution in [0.5, 0.6) is 0 Å². The maximum absolute atomic E-state index is 12.5. The van der Waals surface area contributed by atoms with E-state index in [2.05, 4.69) is 41.1 Å². The summed E-state index contributed by atoms with van der Waals surface area (Å²) in [6.45, 7) is 7.85. The van der Waals surface area contributed by atoms with E-state index in [0.29, 0.717) is 16.6 Å². The van der Waals surface area contributed by atoms with Crippen molar-refractivity contribution in [2.75, 3.05) is 29.9 Å². The second-order valence-electron chi connectivity index (χ2n) is 8.88. The molecule has 0 saturated carbocycles. The van der Waals surface area contributed by atoms with Crippen molar-refractivity contribution < 1.29 is 27.9 Å². The number of hydrogen-bond donors (Lipinski definition) is 2. The Balaban J connectivity index is 0.000000429. The fraction of sp³-hybridized carbons (Fsp3) is 0.440. The quantitative estimate of drug-likeness (QED) is 0.559. The molecule has 2 saturated heterocycles. The first-order valence-electron chi connectivity index (χ1n) is 11.4. The largest absolute Gasteiger partial charge is 0.490 e. The third kappa shape index (κ3) is 7.11. The molecule has 4 rings (SSSR count). The van der Waals surface area contributed by atoms with Crippen molar-refractivity contribution in [2.45, 2.75) is 51.4 Å². The Labute approximate surface area is 207 Å². The summed E-state index contributed by atoms with van der Waals surface area (Å²) in [4.78, 5) is 26.5. The van der Waals surface area contributed by atoms with Crippen molar-refractivity contribution in [3.63, 3.8) is 0 Å². The van der Waals surface area contributed by atoms with Gasteiger partial charge in [0.05, 0.1) is 0 Å². The van der Waals surface area contributed by atoms with Crippen LogP contribution < -0.4 is 10.2 Å². The highest BCUT2D eigenvalue weighted by Crippen LogP contribution is 2.30. The highest BCUT2D eigenvalue weighted by Gasteiger charge is 2.38. The highest BCUT2D eigenvalue weighted by atomic mass is 35.5. The van der Waals surface area contributed by atoms with E-state index >= 15 is 0 Å². The Morgan fingerprint density at radius 2 is 1.74 bits per heavy atom. The summed E-state index contributed by atoms with van der Waals surface area (Å²) in [7, 11) is 0. The Bertz CT molecular complexity index is 1050. The van der Waals surface area contributed by atoms with E-state index < -0.39 is 12.1 Å². The molecule has 6 nitrogen and oxygen atoms in total. The van der Waals surface area contributed by atoms with Crippen molar-refractivity contribution in [1.82, 2.24) is 4.90 Å². The number of carbonyl (C=O) groups excluding carboxylic acids is 1. The molecule has 2 heterocycles. The topological polar surface area (TPSA) is 72.9 Å². The van der Waals surface area contributed by atoms with E-state index in [9.17, 15) is 18.0 Å². The van der Waals surface area contributed by atoms with Crippen molar-refractivity contribution >= 4 is 34.9 Å². The highest BCUT2D eigenvalue weighted by molar-refractivity contribution is 6.30. The van der Waals surface area contributed by atoms with Crippen LogP contribution in [0.4, 0.5) is 24.5 Å². The number of rotatable bonds is 4. The average Bonchev–Trinajstić information content (AvgIpc) is 3.44. The molecule has 2 aromatic rings. The van der Waals surface area contributed by atoms with Crippen LogP contribution in [0.15, 0.2) is 42.5 Å². The Morgan fingerprint density at radius 3 is 2.29 bits per heavy atom. The van der Waals surface area contributed by atoms with Gasteiger partial charge in [0.25, 0.3) is 5.91 Å². The number of carbonyl (C=O) groups is 2. The molecule has 2 fully saturated rings. The number of benzene rings is 2. The number of alkyl halides is 3. The molecule has 0 radical (unpaired) electrons. The van der Waals surface area contributed by atoms with Crippen LogP contribution in [-0.2, 0) is 4.79 Å². The molecular weight excluding hydrogens is 483 g/mol. The monoisotopic (exact) mass is 511 g/mol. The molecule has 190 valence electrons. The number of carboxylic acid groups (broad SMARTS) is 1. The van der Waals surface area contributed by atoms with Crippen LogP contribution in [0.25, 0.3) is 0 Å². The van der Waals surface area contributed by atoms with Gasteiger partial charge in [-0.15, -0.1) is 0 Å². The van der Waals surface area contributed by atoms with Crippen molar-refractivity contribution in [2.24, 2.45) is 0 Å². The van der Waals surface area contributed by atoms with Gasteiger partial charge in [-0.25, -0.2) is 4.79 Å². The van der Waals surface area contributed by atoms with Gasteiger partial charge in [0.15, 0.2) is 0 Å². The molecule has 0 aliphatic carbocycles. The summed E-state index contributed by atoms with van der Waals surface area (Å²) in [5.41, 5.74) is 3.79. The van der Waals surface area contributed by atoms with Gasteiger partial charge < -0.3 is 15.3 Å². The SMILES string of the molecule is Cc1cc(N2CCC(N3CCCC3C)C2)ccc1NC(=O)c1ccc(Cl)cc1.O=C(O)C(F)(F)F. The minimum atomic E-state index is -5.08. The van der Waals surface area contributed by atoms with Crippen LogP contribution >= 0.6 is 11.6 Å². The number of anilines is 2. The normalized spacial score (nSPS) is 20.3. The first-order chi connectivity index (χ1) is 16.5. The Hall–Kier alpha value is -2.78. The molecule has 1 amide bonds. The fourth-order valence-corrected chi connectivity index (χ4v) is 4.65. The van der Waals surface area contributed by atoms with Gasteiger partial charge in [-0.2, -0.15) is 13.2 Å². The molecule has 2 atom stereocenters. The van der Waals surface area contributed by atoms with Gasteiger partial charge in [0.2, 0.25) is 0 Å². The first-order valence-corrected chi connectivity index (χ1v) is 11.8. The number of nitrogens with zero attached hydrogens (tertiary/aromatic N) is 2. The zero-order chi connectivity index (χ0) is 25.8. The van der Waals surface area contributed by atoms with E-state index in [0.717, 1.165) is 30.4 Å². The van der Waals surface area contributed by atoms with Gasteiger partial charge in [0.1, 0.15) is 0 Å². The molecule has 10 heteroatoms. The summed E-state index contributed by atoms with van der Waals surface area (Å²) in [5.74, 6) is -2.87. The molecule has 2 N–H and O–H groups in total. The summed E-state index contributed by atoms with van der Waals surface area (Å²) < 4.78 is 31.7. The third-order valence-corrected chi connectivity index (χ3v) is 6.66. The van der Waals surface area contributed by atoms with Crippen molar-refractivity contribution in [3.05, 3.63) is 58.6 Å². The number of nitrogens with one attached hydrogen (secondary N) is 1. The maximum Gasteiger partial charge on any atom is 0.490 e. The predicted octanol–water partition coefficient (Wildman–Crippen LogP) is 5.60. The lowest BCUT2D eigenvalue weighted by molar-refractivity contribution is -0.192. The van der Waals surface area contributed by atoms with Crippen LogP contribution in [0.1, 0.15) is 42.1 Å². The molecule has 35 heavy (non-hydrogen) atoms. The molecule has 2 aromatic carbocycles. The van der Waals surface area contributed by atoms with Gasteiger partial charge in [-0.1, -0.05) is 11.6 Å². The lowest BCUT2D eigenvalue weighted by Gasteiger charge is -2.28. The number of carboxylic acids is 1. The van der Waals surface area contributed by atoms with E-state index in [-0.39, 0.29) is 5.91 Å². The molecule has 2 aliphatic heterocycles. The third-order valence-electron chi connectivity index (χ3n) is 6.41. The van der Waals surface area contributed by atoms with E-state index in [1.54, 1.807) is 24.3 Å². The molecule has 2 aliphatic rings. The lowest BCUT2D eigenvalue weighted by atomic mass is 10.1. The van der Waals surface area contributed by atoms with Gasteiger partial charge in [-0.3, -0.25) is 9.69 Å². The smallest absolute Gasteiger partial charge is 0.475 e. The maximum atomic E-state index is 12.5. The summed E-state index contributed by atoms with van der Waals surface area (Å²) in [6.07, 6.45) is -1.19. The minimum Gasteiger partial charge on any atom is -0.475 e. The molecule has 0 aromatic heterocycles. The van der Waals surface area contributed by atoms with Gasteiger partial charge in [-0.05, 0) is 87.7 Å². The Kier molecular flexibility index (Phi) is 8.66. The van der Waals surface area contributed by atoms with Gasteiger partial charge in [0, 0.05) is 47.1 Å². The molecular formula is C25H29ClF3N3O3. The van der Waals surface area contributed by atoms with E-state index in [4.69, 9.17) is 21.5 Å². The minimum absolute atomic E-state index is 0.114. The van der Waals surface area contributed by atoms with Crippen LogP contribution in [0.2, 0.25) is 5.02 Å².